The van der Waals surface area contributed by atoms with Crippen LogP contribution in [-0.4, -0.2) is 45.8 Å². The van der Waals surface area contributed by atoms with Crippen molar-refractivity contribution in [2.45, 2.75) is 17.9 Å². The fraction of sp³-hybridized carbons (Fsp3) is 0.538. The summed E-state index contributed by atoms with van der Waals surface area (Å²) in [5.74, 6) is 0. The highest BCUT2D eigenvalue weighted by Crippen LogP contribution is 2.21. The average Bonchev–Trinajstić information content (AvgIpc) is 2.38. The lowest BCUT2D eigenvalue weighted by molar-refractivity contribution is 0.185. The maximum atomic E-state index is 11.4. The van der Waals surface area contributed by atoms with Gasteiger partial charge in [0, 0.05) is 38.5 Å². The Morgan fingerprint density at radius 1 is 1.10 bits per heavy atom. The van der Waals surface area contributed by atoms with Gasteiger partial charge in [-0.15, -0.1) is 24.8 Å². The Kier molecular flexibility index (Phi) is 8.06. The van der Waals surface area contributed by atoms with E-state index in [0.717, 1.165) is 26.2 Å². The summed E-state index contributed by atoms with van der Waals surface area (Å²) < 4.78 is 22.8. The molecule has 0 amide bonds. The van der Waals surface area contributed by atoms with Crippen LogP contribution in [0.25, 0.3) is 0 Å². The molecule has 20 heavy (non-hydrogen) atoms. The normalized spacial score (nSPS) is 17.7. The molecular formula is C13H22Cl2N2O2S. The number of piperazine rings is 1. The summed E-state index contributed by atoms with van der Waals surface area (Å²) in [5, 5.41) is 3.33. The van der Waals surface area contributed by atoms with E-state index in [4.69, 9.17) is 0 Å². The molecule has 116 valence electrons. The molecule has 1 aromatic rings. The highest BCUT2D eigenvalue weighted by molar-refractivity contribution is 7.90. The number of benzene rings is 1. The summed E-state index contributed by atoms with van der Waals surface area (Å²) in [6.45, 7) is 6.28. The second-order valence-electron chi connectivity index (χ2n) is 4.80. The highest BCUT2D eigenvalue weighted by Gasteiger charge is 2.18. The second-order valence-corrected chi connectivity index (χ2v) is 6.82. The standard InChI is InChI=1S/C13H20N2O2S.2ClH/c1-11(15-9-7-14-8-10-15)12-3-5-13(6-4-12)18(2,16)17;;/h3-6,11,14H,7-10H2,1-2H3;2*1H. The second kappa shape index (κ2) is 8.20. The Bertz CT molecular complexity index is 500. The van der Waals surface area contributed by atoms with Crippen LogP contribution in [0.5, 0.6) is 0 Å². The molecule has 0 spiro atoms. The number of hydrogen-bond acceptors (Lipinski definition) is 4. The lowest BCUT2D eigenvalue weighted by Crippen LogP contribution is -2.44. The Morgan fingerprint density at radius 2 is 1.60 bits per heavy atom. The number of hydrogen-bond donors (Lipinski definition) is 1. The van der Waals surface area contributed by atoms with Crippen LogP contribution in [0.2, 0.25) is 0 Å². The number of nitrogens with one attached hydrogen (secondary N) is 1. The molecule has 1 N–H and O–H groups in total. The van der Waals surface area contributed by atoms with Gasteiger partial charge in [0.2, 0.25) is 0 Å². The third-order valence-electron chi connectivity index (χ3n) is 3.49. The lowest BCUT2D eigenvalue weighted by atomic mass is 10.1. The van der Waals surface area contributed by atoms with Gasteiger partial charge in [0.15, 0.2) is 9.84 Å². The first kappa shape index (κ1) is 19.7. The van der Waals surface area contributed by atoms with Crippen molar-refractivity contribution >= 4 is 34.7 Å². The minimum atomic E-state index is -3.09. The zero-order chi connectivity index (χ0) is 13.2. The van der Waals surface area contributed by atoms with Crippen LogP contribution < -0.4 is 5.32 Å². The molecule has 2 rings (SSSR count). The molecule has 7 heteroatoms. The van der Waals surface area contributed by atoms with Gasteiger partial charge in [-0.2, -0.15) is 0 Å². The van der Waals surface area contributed by atoms with Gasteiger partial charge in [0.05, 0.1) is 4.90 Å². The molecular weight excluding hydrogens is 319 g/mol. The molecule has 1 fully saturated rings. The van der Waals surface area contributed by atoms with Gasteiger partial charge in [0.25, 0.3) is 0 Å². The molecule has 0 saturated carbocycles. The first-order valence-electron chi connectivity index (χ1n) is 6.23. The minimum Gasteiger partial charge on any atom is -0.314 e. The predicted octanol–water partition coefficient (Wildman–Crippen LogP) is 1.90. The van der Waals surface area contributed by atoms with Crippen LogP contribution >= 0.6 is 24.8 Å². The lowest BCUT2D eigenvalue weighted by Gasteiger charge is -2.33. The number of rotatable bonds is 3. The van der Waals surface area contributed by atoms with E-state index in [1.807, 2.05) is 12.1 Å². The van der Waals surface area contributed by atoms with Gasteiger partial charge in [-0.3, -0.25) is 4.90 Å². The molecule has 0 aliphatic carbocycles. The van der Waals surface area contributed by atoms with Gasteiger partial charge >= 0.3 is 0 Å². The third kappa shape index (κ3) is 4.90. The van der Waals surface area contributed by atoms with Crippen molar-refractivity contribution in [1.82, 2.24) is 10.2 Å². The van der Waals surface area contributed by atoms with Crippen LogP contribution in [0.15, 0.2) is 29.2 Å². The molecule has 1 heterocycles. The van der Waals surface area contributed by atoms with Crippen molar-refractivity contribution in [2.75, 3.05) is 32.4 Å². The van der Waals surface area contributed by atoms with E-state index in [-0.39, 0.29) is 24.8 Å². The Morgan fingerprint density at radius 3 is 2.05 bits per heavy atom. The van der Waals surface area contributed by atoms with Crippen molar-refractivity contribution in [1.29, 1.82) is 0 Å². The van der Waals surface area contributed by atoms with Crippen LogP contribution in [0.4, 0.5) is 0 Å². The number of sulfone groups is 1. The minimum absolute atomic E-state index is 0. The summed E-state index contributed by atoms with van der Waals surface area (Å²) >= 11 is 0. The first-order chi connectivity index (χ1) is 8.48. The summed E-state index contributed by atoms with van der Waals surface area (Å²) in [6.07, 6.45) is 1.24. The van der Waals surface area contributed by atoms with E-state index in [0.29, 0.717) is 10.9 Å². The molecule has 0 bridgehead atoms. The predicted molar refractivity (Wildman–Crippen MR) is 86.9 cm³/mol. The van der Waals surface area contributed by atoms with Crippen LogP contribution in [0.3, 0.4) is 0 Å². The molecule has 0 radical (unpaired) electrons. The van der Waals surface area contributed by atoms with Crippen LogP contribution in [0, 0.1) is 0 Å². The van der Waals surface area contributed by atoms with Crippen molar-refractivity contribution in [3.05, 3.63) is 29.8 Å². The van der Waals surface area contributed by atoms with Crippen molar-refractivity contribution in [3.8, 4) is 0 Å². The van der Waals surface area contributed by atoms with E-state index in [1.54, 1.807) is 12.1 Å². The number of halogens is 2. The zero-order valence-electron chi connectivity index (χ0n) is 11.7. The van der Waals surface area contributed by atoms with Gasteiger partial charge in [0.1, 0.15) is 0 Å². The summed E-state index contributed by atoms with van der Waals surface area (Å²) in [4.78, 5) is 2.80. The summed E-state index contributed by atoms with van der Waals surface area (Å²) in [5.41, 5.74) is 1.17. The van der Waals surface area contributed by atoms with Gasteiger partial charge in [-0.05, 0) is 24.6 Å². The monoisotopic (exact) mass is 340 g/mol. The molecule has 1 saturated heterocycles. The summed E-state index contributed by atoms with van der Waals surface area (Å²) in [6, 6.07) is 7.57. The molecule has 1 atom stereocenters. The van der Waals surface area contributed by atoms with Crippen molar-refractivity contribution in [3.63, 3.8) is 0 Å². The smallest absolute Gasteiger partial charge is 0.175 e. The van der Waals surface area contributed by atoms with Gasteiger partial charge in [-0.1, -0.05) is 12.1 Å². The quantitative estimate of drug-likeness (QED) is 0.912. The Hall–Kier alpha value is -0.330. The van der Waals surface area contributed by atoms with Crippen molar-refractivity contribution < 1.29 is 8.42 Å². The SMILES string of the molecule is CC(c1ccc(S(C)(=O)=O)cc1)N1CCNCC1.Cl.Cl. The topological polar surface area (TPSA) is 49.4 Å². The van der Waals surface area contributed by atoms with Gasteiger partial charge < -0.3 is 5.32 Å². The van der Waals surface area contributed by atoms with Crippen LogP contribution in [0.1, 0.15) is 18.5 Å². The Balaban J connectivity index is 0.00000180. The fourth-order valence-corrected chi connectivity index (χ4v) is 2.90. The van der Waals surface area contributed by atoms with E-state index in [1.165, 1.54) is 11.8 Å². The summed E-state index contributed by atoms with van der Waals surface area (Å²) in [7, 11) is -3.09. The first-order valence-corrected chi connectivity index (χ1v) is 8.12. The molecule has 1 aliphatic heterocycles. The zero-order valence-corrected chi connectivity index (χ0v) is 14.2. The van der Waals surface area contributed by atoms with Crippen LogP contribution in [-0.2, 0) is 9.84 Å². The maximum Gasteiger partial charge on any atom is 0.175 e. The van der Waals surface area contributed by atoms with Crippen molar-refractivity contribution in [2.24, 2.45) is 0 Å². The fourth-order valence-electron chi connectivity index (χ4n) is 2.27. The third-order valence-corrected chi connectivity index (χ3v) is 4.62. The molecule has 1 aliphatic rings. The van der Waals surface area contributed by atoms with E-state index >= 15 is 0 Å². The molecule has 1 unspecified atom stereocenters. The Labute approximate surface area is 133 Å². The van der Waals surface area contributed by atoms with E-state index in [2.05, 4.69) is 17.1 Å². The number of nitrogens with zero attached hydrogens (tertiary/aromatic N) is 1. The van der Waals surface area contributed by atoms with E-state index < -0.39 is 9.84 Å². The average molecular weight is 341 g/mol. The molecule has 1 aromatic carbocycles. The largest absolute Gasteiger partial charge is 0.314 e. The van der Waals surface area contributed by atoms with Gasteiger partial charge in [-0.25, -0.2) is 8.42 Å². The molecule has 0 aromatic heterocycles. The maximum absolute atomic E-state index is 11.4. The highest BCUT2D eigenvalue weighted by atomic mass is 35.5. The molecule has 4 nitrogen and oxygen atoms in total. The van der Waals surface area contributed by atoms with E-state index in [9.17, 15) is 8.42 Å².